The zero-order valence-electron chi connectivity index (χ0n) is 14.0. The lowest BCUT2D eigenvalue weighted by Gasteiger charge is -2.30. The van der Waals surface area contributed by atoms with Gasteiger partial charge in [-0.05, 0) is 30.5 Å². The minimum Gasteiger partial charge on any atom is -0.423 e. The van der Waals surface area contributed by atoms with Crippen LogP contribution in [0, 0.1) is 5.92 Å². The molecule has 0 bridgehead atoms. The van der Waals surface area contributed by atoms with Crippen LogP contribution in [0.3, 0.4) is 0 Å². The largest absolute Gasteiger partial charge is 0.423 e. The van der Waals surface area contributed by atoms with Gasteiger partial charge in [-0.3, -0.25) is 4.79 Å². The number of fused-ring (bicyclic) bond motifs is 1. The highest BCUT2D eigenvalue weighted by molar-refractivity contribution is 5.79. The topological polar surface area (TPSA) is 58.4 Å². The van der Waals surface area contributed by atoms with Crippen molar-refractivity contribution >= 4 is 23.0 Å². The van der Waals surface area contributed by atoms with Crippen molar-refractivity contribution in [3.8, 4) is 0 Å². The predicted octanol–water partition coefficient (Wildman–Crippen LogP) is 3.36. The molecular weight excluding hydrogens is 314 g/mol. The molecular formula is C20H21N3O2. The lowest BCUT2D eigenvalue weighted by molar-refractivity contribution is -0.125. The number of carbonyl (C=O) groups is 1. The number of nitrogens with one attached hydrogen (secondary N) is 1. The van der Waals surface area contributed by atoms with Gasteiger partial charge < -0.3 is 14.6 Å². The van der Waals surface area contributed by atoms with Crippen molar-refractivity contribution in [3.63, 3.8) is 0 Å². The van der Waals surface area contributed by atoms with Gasteiger partial charge in [-0.2, -0.15) is 4.98 Å². The van der Waals surface area contributed by atoms with Gasteiger partial charge in [0.05, 0.1) is 5.92 Å². The molecule has 1 atom stereocenters. The number of amides is 1. The number of nitrogens with zero attached hydrogens (tertiary/aromatic N) is 2. The fourth-order valence-corrected chi connectivity index (χ4v) is 3.29. The standard InChI is InChI=1S/C20H21N3O2/c24-19(21-13-15-7-2-1-3-8-15)16-9-6-12-23(14-16)20-22-17-10-4-5-11-18(17)25-20/h1-5,7-8,10-11,16H,6,9,12-14H2,(H,21,24)/t16-/m1/s1. The second-order valence-electron chi connectivity index (χ2n) is 6.45. The first kappa shape index (κ1) is 15.7. The van der Waals surface area contributed by atoms with E-state index in [9.17, 15) is 4.79 Å². The van der Waals surface area contributed by atoms with E-state index in [1.807, 2.05) is 54.6 Å². The van der Waals surface area contributed by atoms with Crippen molar-refractivity contribution in [2.45, 2.75) is 19.4 Å². The summed E-state index contributed by atoms with van der Waals surface area (Å²) in [6.07, 6.45) is 1.86. The molecule has 1 aliphatic rings. The number of oxazole rings is 1. The maximum atomic E-state index is 12.5. The highest BCUT2D eigenvalue weighted by Gasteiger charge is 2.28. The quantitative estimate of drug-likeness (QED) is 0.794. The summed E-state index contributed by atoms with van der Waals surface area (Å²) >= 11 is 0. The Labute approximate surface area is 146 Å². The molecule has 2 heterocycles. The summed E-state index contributed by atoms with van der Waals surface area (Å²) in [6, 6.07) is 18.3. The minimum absolute atomic E-state index is 0.0347. The summed E-state index contributed by atoms with van der Waals surface area (Å²) in [5.41, 5.74) is 2.75. The molecule has 0 aliphatic carbocycles. The maximum Gasteiger partial charge on any atom is 0.298 e. The summed E-state index contributed by atoms with van der Waals surface area (Å²) in [7, 11) is 0. The van der Waals surface area contributed by atoms with Gasteiger partial charge in [0.2, 0.25) is 5.91 Å². The minimum atomic E-state index is -0.0347. The lowest BCUT2D eigenvalue weighted by Crippen LogP contribution is -2.43. The summed E-state index contributed by atoms with van der Waals surface area (Å²) in [5.74, 6) is 0.0668. The van der Waals surface area contributed by atoms with Crippen LogP contribution in [0.4, 0.5) is 6.01 Å². The Balaban J connectivity index is 1.41. The molecule has 4 rings (SSSR count). The zero-order chi connectivity index (χ0) is 17.1. The van der Waals surface area contributed by atoms with E-state index in [-0.39, 0.29) is 11.8 Å². The lowest BCUT2D eigenvalue weighted by atomic mass is 9.97. The van der Waals surface area contributed by atoms with Crippen LogP contribution in [0.15, 0.2) is 59.0 Å². The van der Waals surface area contributed by atoms with E-state index in [2.05, 4.69) is 15.2 Å². The highest BCUT2D eigenvalue weighted by Crippen LogP contribution is 2.26. The van der Waals surface area contributed by atoms with Crippen LogP contribution in [-0.2, 0) is 11.3 Å². The number of rotatable bonds is 4. The van der Waals surface area contributed by atoms with E-state index in [0.717, 1.165) is 36.0 Å². The monoisotopic (exact) mass is 335 g/mol. The van der Waals surface area contributed by atoms with E-state index in [4.69, 9.17) is 4.42 Å². The molecule has 5 heteroatoms. The Hall–Kier alpha value is -2.82. The number of hydrogen-bond donors (Lipinski definition) is 1. The fourth-order valence-electron chi connectivity index (χ4n) is 3.29. The fraction of sp³-hybridized carbons (Fsp3) is 0.300. The molecule has 3 aromatic rings. The molecule has 1 amide bonds. The van der Waals surface area contributed by atoms with Crippen molar-refractivity contribution in [2.75, 3.05) is 18.0 Å². The van der Waals surface area contributed by atoms with E-state index in [1.165, 1.54) is 0 Å². The van der Waals surface area contributed by atoms with Crippen LogP contribution in [0.2, 0.25) is 0 Å². The number of anilines is 1. The molecule has 1 fully saturated rings. The molecule has 0 spiro atoms. The van der Waals surface area contributed by atoms with Gasteiger partial charge in [-0.25, -0.2) is 0 Å². The van der Waals surface area contributed by atoms with Gasteiger partial charge in [-0.1, -0.05) is 42.5 Å². The van der Waals surface area contributed by atoms with Gasteiger partial charge in [-0.15, -0.1) is 0 Å². The molecule has 1 aliphatic heterocycles. The Morgan fingerprint density at radius 3 is 2.80 bits per heavy atom. The maximum absolute atomic E-state index is 12.5. The number of benzene rings is 2. The van der Waals surface area contributed by atoms with Crippen LogP contribution >= 0.6 is 0 Å². The summed E-state index contributed by atoms with van der Waals surface area (Å²) < 4.78 is 5.85. The second kappa shape index (κ2) is 6.97. The number of para-hydroxylation sites is 2. The molecule has 5 nitrogen and oxygen atoms in total. The van der Waals surface area contributed by atoms with Crippen LogP contribution in [-0.4, -0.2) is 24.0 Å². The third kappa shape index (κ3) is 3.50. The van der Waals surface area contributed by atoms with Crippen molar-refractivity contribution in [1.82, 2.24) is 10.3 Å². The third-order valence-corrected chi connectivity index (χ3v) is 4.65. The van der Waals surface area contributed by atoms with Gasteiger partial charge in [0.1, 0.15) is 5.52 Å². The number of hydrogen-bond acceptors (Lipinski definition) is 4. The smallest absolute Gasteiger partial charge is 0.298 e. The molecule has 0 unspecified atom stereocenters. The van der Waals surface area contributed by atoms with Crippen molar-refractivity contribution < 1.29 is 9.21 Å². The number of piperidine rings is 1. The average molecular weight is 335 g/mol. The Morgan fingerprint density at radius 2 is 1.96 bits per heavy atom. The van der Waals surface area contributed by atoms with Crippen molar-refractivity contribution in [1.29, 1.82) is 0 Å². The number of aromatic nitrogens is 1. The molecule has 128 valence electrons. The van der Waals surface area contributed by atoms with Crippen LogP contribution < -0.4 is 10.2 Å². The molecule has 0 radical (unpaired) electrons. The van der Waals surface area contributed by atoms with E-state index in [1.54, 1.807) is 0 Å². The van der Waals surface area contributed by atoms with Crippen LogP contribution in [0.5, 0.6) is 0 Å². The van der Waals surface area contributed by atoms with Gasteiger partial charge >= 0.3 is 0 Å². The molecule has 1 aromatic heterocycles. The van der Waals surface area contributed by atoms with Crippen molar-refractivity contribution in [2.24, 2.45) is 5.92 Å². The van der Waals surface area contributed by atoms with Crippen LogP contribution in [0.25, 0.3) is 11.1 Å². The highest BCUT2D eigenvalue weighted by atomic mass is 16.4. The normalized spacial score (nSPS) is 17.6. The van der Waals surface area contributed by atoms with Crippen molar-refractivity contribution in [3.05, 3.63) is 60.2 Å². The molecule has 2 aromatic carbocycles. The summed E-state index contributed by atoms with van der Waals surface area (Å²) in [5, 5.41) is 3.05. The molecule has 25 heavy (non-hydrogen) atoms. The predicted molar refractivity (Wildman–Crippen MR) is 97.2 cm³/mol. The van der Waals surface area contributed by atoms with E-state index < -0.39 is 0 Å². The van der Waals surface area contributed by atoms with Crippen LogP contribution in [0.1, 0.15) is 18.4 Å². The SMILES string of the molecule is O=C(NCc1ccccc1)[C@@H]1CCCN(c2nc3ccccc3o2)C1. The Morgan fingerprint density at radius 1 is 1.16 bits per heavy atom. The molecule has 1 N–H and O–H groups in total. The Bertz CT molecular complexity index is 827. The molecule has 1 saturated heterocycles. The van der Waals surface area contributed by atoms with Gasteiger partial charge in [0, 0.05) is 19.6 Å². The Kier molecular flexibility index (Phi) is 4.37. The summed E-state index contributed by atoms with van der Waals surface area (Å²) in [4.78, 5) is 19.2. The average Bonchev–Trinajstić information content (AvgIpc) is 3.11. The van der Waals surface area contributed by atoms with E-state index >= 15 is 0 Å². The first-order chi connectivity index (χ1) is 12.3. The van der Waals surface area contributed by atoms with Gasteiger partial charge in [0.25, 0.3) is 6.01 Å². The zero-order valence-corrected chi connectivity index (χ0v) is 14.0. The number of carbonyl (C=O) groups excluding carboxylic acids is 1. The van der Waals surface area contributed by atoms with Gasteiger partial charge in [0.15, 0.2) is 5.58 Å². The first-order valence-corrected chi connectivity index (χ1v) is 8.72. The first-order valence-electron chi connectivity index (χ1n) is 8.72. The third-order valence-electron chi connectivity index (χ3n) is 4.65. The summed E-state index contributed by atoms with van der Waals surface area (Å²) in [6.45, 7) is 2.09. The second-order valence-corrected chi connectivity index (χ2v) is 6.45. The van der Waals surface area contributed by atoms with E-state index in [0.29, 0.717) is 19.1 Å². The molecule has 0 saturated carbocycles.